The summed E-state index contributed by atoms with van der Waals surface area (Å²) < 4.78 is 17.9. The molecule has 0 bridgehead atoms. The first-order valence-corrected chi connectivity index (χ1v) is 6.83. The Hall–Kier alpha value is -2.69. The van der Waals surface area contributed by atoms with Gasteiger partial charge in [-0.15, -0.1) is 0 Å². The Morgan fingerprint density at radius 2 is 1.86 bits per heavy atom. The minimum atomic E-state index is -0.734. The van der Waals surface area contributed by atoms with E-state index < -0.39 is 24.3 Å². The highest BCUT2D eigenvalue weighted by atomic mass is 19.1. The molecule has 0 saturated heterocycles. The van der Waals surface area contributed by atoms with Gasteiger partial charge in [0.25, 0.3) is 5.91 Å². The summed E-state index contributed by atoms with van der Waals surface area (Å²) >= 11 is 0. The standard InChI is InChI=1S/C17H16FNO3/c1-12(13-6-3-2-4-7-13)19-16(20)11-22-17(21)14-8-5-9-15(18)10-14/h2-10,12H,11H2,1H3,(H,19,20)/t12-/m0/s1. The second-order valence-electron chi connectivity index (χ2n) is 4.79. The molecule has 0 aromatic heterocycles. The van der Waals surface area contributed by atoms with Crippen molar-refractivity contribution in [2.75, 3.05) is 6.61 Å². The Balaban J connectivity index is 1.84. The summed E-state index contributed by atoms with van der Waals surface area (Å²) in [7, 11) is 0. The van der Waals surface area contributed by atoms with Gasteiger partial charge in [0.05, 0.1) is 11.6 Å². The molecule has 0 heterocycles. The van der Waals surface area contributed by atoms with E-state index in [2.05, 4.69) is 5.32 Å². The molecular weight excluding hydrogens is 285 g/mol. The number of halogens is 1. The zero-order valence-electron chi connectivity index (χ0n) is 12.1. The first-order chi connectivity index (χ1) is 10.6. The van der Waals surface area contributed by atoms with Crippen LogP contribution in [0.5, 0.6) is 0 Å². The summed E-state index contributed by atoms with van der Waals surface area (Å²) in [4.78, 5) is 23.5. The number of esters is 1. The van der Waals surface area contributed by atoms with E-state index in [4.69, 9.17) is 4.74 Å². The lowest BCUT2D eigenvalue weighted by atomic mass is 10.1. The average molecular weight is 301 g/mol. The second-order valence-corrected chi connectivity index (χ2v) is 4.79. The molecule has 0 aliphatic heterocycles. The first kappa shape index (κ1) is 15.7. The van der Waals surface area contributed by atoms with Crippen LogP contribution in [0.3, 0.4) is 0 Å². The molecule has 0 spiro atoms. The van der Waals surface area contributed by atoms with Crippen LogP contribution in [0.4, 0.5) is 4.39 Å². The van der Waals surface area contributed by atoms with E-state index in [0.717, 1.165) is 11.6 Å². The van der Waals surface area contributed by atoms with Gasteiger partial charge in [-0.25, -0.2) is 9.18 Å². The van der Waals surface area contributed by atoms with Crippen molar-refractivity contribution in [1.29, 1.82) is 0 Å². The highest BCUT2D eigenvalue weighted by Crippen LogP contribution is 2.11. The van der Waals surface area contributed by atoms with Crippen LogP contribution >= 0.6 is 0 Å². The van der Waals surface area contributed by atoms with Crippen LogP contribution in [-0.4, -0.2) is 18.5 Å². The van der Waals surface area contributed by atoms with E-state index in [-0.39, 0.29) is 11.6 Å². The quantitative estimate of drug-likeness (QED) is 0.864. The van der Waals surface area contributed by atoms with Crippen LogP contribution in [0.1, 0.15) is 28.9 Å². The molecule has 114 valence electrons. The lowest BCUT2D eigenvalue weighted by molar-refractivity contribution is -0.124. The van der Waals surface area contributed by atoms with Gasteiger partial charge in [0.1, 0.15) is 5.82 Å². The van der Waals surface area contributed by atoms with Crippen molar-refractivity contribution in [3.63, 3.8) is 0 Å². The van der Waals surface area contributed by atoms with Gasteiger partial charge >= 0.3 is 5.97 Å². The maximum atomic E-state index is 13.0. The van der Waals surface area contributed by atoms with Crippen molar-refractivity contribution in [3.8, 4) is 0 Å². The van der Waals surface area contributed by atoms with Crippen LogP contribution in [-0.2, 0) is 9.53 Å². The SMILES string of the molecule is C[C@H](NC(=O)COC(=O)c1cccc(F)c1)c1ccccc1. The molecule has 2 rings (SSSR count). The van der Waals surface area contributed by atoms with Crippen LogP contribution < -0.4 is 5.32 Å². The fourth-order valence-corrected chi connectivity index (χ4v) is 1.94. The van der Waals surface area contributed by atoms with Crippen molar-refractivity contribution >= 4 is 11.9 Å². The summed E-state index contributed by atoms with van der Waals surface area (Å²) in [5.74, 6) is -1.68. The highest BCUT2D eigenvalue weighted by Gasteiger charge is 2.13. The Kier molecular flexibility index (Phi) is 5.25. The smallest absolute Gasteiger partial charge is 0.338 e. The number of benzene rings is 2. The van der Waals surface area contributed by atoms with E-state index >= 15 is 0 Å². The number of amides is 1. The summed E-state index contributed by atoms with van der Waals surface area (Å²) in [5.41, 5.74) is 1.02. The van der Waals surface area contributed by atoms with Gasteiger partial charge in [-0.3, -0.25) is 4.79 Å². The number of hydrogen-bond acceptors (Lipinski definition) is 3. The molecule has 1 N–H and O–H groups in total. The maximum absolute atomic E-state index is 13.0. The Bertz CT molecular complexity index is 658. The zero-order valence-corrected chi connectivity index (χ0v) is 12.1. The predicted molar refractivity (Wildman–Crippen MR) is 79.7 cm³/mol. The molecule has 0 aliphatic rings. The van der Waals surface area contributed by atoms with Crippen molar-refractivity contribution in [1.82, 2.24) is 5.32 Å². The lowest BCUT2D eigenvalue weighted by Crippen LogP contribution is -2.31. The molecule has 0 radical (unpaired) electrons. The Morgan fingerprint density at radius 3 is 2.55 bits per heavy atom. The van der Waals surface area contributed by atoms with Gasteiger partial charge in [-0.05, 0) is 30.7 Å². The van der Waals surface area contributed by atoms with Gasteiger partial charge in [0.15, 0.2) is 6.61 Å². The van der Waals surface area contributed by atoms with Crippen molar-refractivity contribution in [3.05, 3.63) is 71.5 Å². The lowest BCUT2D eigenvalue weighted by Gasteiger charge is -2.14. The Morgan fingerprint density at radius 1 is 1.14 bits per heavy atom. The van der Waals surface area contributed by atoms with E-state index in [9.17, 15) is 14.0 Å². The number of carbonyl (C=O) groups is 2. The number of rotatable bonds is 5. The molecular formula is C17H16FNO3. The molecule has 4 nitrogen and oxygen atoms in total. The molecule has 0 aliphatic carbocycles. The minimum absolute atomic E-state index is 0.0731. The first-order valence-electron chi connectivity index (χ1n) is 6.83. The van der Waals surface area contributed by atoms with Crippen LogP contribution in [0.15, 0.2) is 54.6 Å². The molecule has 2 aromatic carbocycles. The fourth-order valence-electron chi connectivity index (χ4n) is 1.94. The molecule has 22 heavy (non-hydrogen) atoms. The maximum Gasteiger partial charge on any atom is 0.338 e. The topological polar surface area (TPSA) is 55.4 Å². The zero-order chi connectivity index (χ0) is 15.9. The monoisotopic (exact) mass is 301 g/mol. The predicted octanol–water partition coefficient (Wildman–Crippen LogP) is 2.86. The molecule has 1 amide bonds. The summed E-state index contributed by atoms with van der Waals surface area (Å²) in [6.07, 6.45) is 0. The van der Waals surface area contributed by atoms with E-state index in [1.54, 1.807) is 0 Å². The van der Waals surface area contributed by atoms with Crippen LogP contribution in [0.25, 0.3) is 0 Å². The van der Waals surface area contributed by atoms with Crippen molar-refractivity contribution < 1.29 is 18.7 Å². The summed E-state index contributed by atoms with van der Waals surface area (Å²) in [6, 6.07) is 14.4. The number of hydrogen-bond donors (Lipinski definition) is 1. The fraction of sp³-hybridized carbons (Fsp3) is 0.176. The average Bonchev–Trinajstić information content (AvgIpc) is 2.53. The third-order valence-electron chi connectivity index (χ3n) is 3.07. The normalized spacial score (nSPS) is 11.5. The molecule has 2 aromatic rings. The summed E-state index contributed by atoms with van der Waals surface area (Å²) in [5, 5.41) is 2.72. The molecule has 5 heteroatoms. The Labute approximate surface area is 127 Å². The number of carbonyl (C=O) groups excluding carboxylic acids is 2. The minimum Gasteiger partial charge on any atom is -0.452 e. The third-order valence-corrected chi connectivity index (χ3v) is 3.07. The van der Waals surface area contributed by atoms with E-state index in [1.165, 1.54) is 18.2 Å². The number of ether oxygens (including phenoxy) is 1. The van der Waals surface area contributed by atoms with Gasteiger partial charge in [-0.2, -0.15) is 0 Å². The molecule has 0 fully saturated rings. The van der Waals surface area contributed by atoms with Gasteiger partial charge in [-0.1, -0.05) is 36.4 Å². The molecule has 1 atom stereocenters. The van der Waals surface area contributed by atoms with Crippen molar-refractivity contribution in [2.24, 2.45) is 0 Å². The highest BCUT2D eigenvalue weighted by molar-refractivity contribution is 5.91. The second kappa shape index (κ2) is 7.36. The van der Waals surface area contributed by atoms with Crippen LogP contribution in [0.2, 0.25) is 0 Å². The summed E-state index contributed by atoms with van der Waals surface area (Å²) in [6.45, 7) is 1.42. The van der Waals surface area contributed by atoms with Crippen molar-refractivity contribution in [2.45, 2.75) is 13.0 Å². The largest absolute Gasteiger partial charge is 0.452 e. The molecule has 0 unspecified atom stereocenters. The number of nitrogens with one attached hydrogen (secondary N) is 1. The van der Waals surface area contributed by atoms with Gasteiger partial charge < -0.3 is 10.1 Å². The third kappa shape index (κ3) is 4.41. The van der Waals surface area contributed by atoms with E-state index in [1.807, 2.05) is 37.3 Å². The van der Waals surface area contributed by atoms with Gasteiger partial charge in [0.2, 0.25) is 0 Å². The van der Waals surface area contributed by atoms with Crippen LogP contribution in [0, 0.1) is 5.82 Å². The molecule has 0 saturated carbocycles. The van der Waals surface area contributed by atoms with E-state index in [0.29, 0.717) is 0 Å². The van der Waals surface area contributed by atoms with Gasteiger partial charge in [0, 0.05) is 0 Å².